The average Bonchev–Trinajstić information content (AvgIpc) is 2.43. The maximum Gasteiger partial charge on any atom is 0.244 e. The Morgan fingerprint density at radius 1 is 1.32 bits per heavy atom. The molecule has 0 atom stereocenters. The number of ether oxygens (including phenoxy) is 1. The summed E-state index contributed by atoms with van der Waals surface area (Å²) in [5.74, 6) is -0.0940. The zero-order chi connectivity index (χ0) is 13.9. The summed E-state index contributed by atoms with van der Waals surface area (Å²) in [4.78, 5) is 11.6. The summed E-state index contributed by atoms with van der Waals surface area (Å²) in [6, 6.07) is 9.79. The highest BCUT2D eigenvalue weighted by Crippen LogP contribution is 2.11. The fraction of sp³-hybridized carbons (Fsp3) is 0.400. The van der Waals surface area contributed by atoms with Gasteiger partial charge in [-0.25, -0.2) is 0 Å². The van der Waals surface area contributed by atoms with Crippen LogP contribution in [-0.4, -0.2) is 37.4 Å². The van der Waals surface area contributed by atoms with Crippen molar-refractivity contribution in [1.82, 2.24) is 5.32 Å². The van der Waals surface area contributed by atoms with Crippen LogP contribution >= 0.6 is 0 Å². The van der Waals surface area contributed by atoms with Crippen molar-refractivity contribution in [3.8, 4) is 0 Å². The second-order valence-electron chi connectivity index (χ2n) is 4.17. The first-order valence-corrected chi connectivity index (χ1v) is 6.44. The Bertz CT molecular complexity index is 401. The molecule has 1 rings (SSSR count). The van der Waals surface area contributed by atoms with Crippen molar-refractivity contribution in [2.24, 2.45) is 0 Å². The number of allylic oxidation sites excluding steroid dienone is 1. The van der Waals surface area contributed by atoms with E-state index < -0.39 is 0 Å². The number of nitrogens with one attached hydrogen (secondary N) is 1. The van der Waals surface area contributed by atoms with Gasteiger partial charge in [-0.05, 0) is 24.5 Å². The molecule has 0 fully saturated rings. The van der Waals surface area contributed by atoms with Crippen LogP contribution in [0.15, 0.2) is 36.4 Å². The molecular formula is C15H21NO3. The van der Waals surface area contributed by atoms with Crippen LogP contribution in [0.25, 0.3) is 5.57 Å². The van der Waals surface area contributed by atoms with Gasteiger partial charge < -0.3 is 15.2 Å². The molecule has 4 nitrogen and oxygen atoms in total. The number of aliphatic hydroxyl groups excluding tert-OH is 1. The van der Waals surface area contributed by atoms with E-state index in [1.807, 2.05) is 37.3 Å². The lowest BCUT2D eigenvalue weighted by Crippen LogP contribution is -2.23. The summed E-state index contributed by atoms with van der Waals surface area (Å²) in [7, 11) is 0. The highest BCUT2D eigenvalue weighted by atomic mass is 16.5. The number of aliphatic hydroxyl groups is 1. The fourth-order valence-corrected chi connectivity index (χ4v) is 1.58. The van der Waals surface area contributed by atoms with E-state index in [0.717, 1.165) is 17.6 Å². The summed E-state index contributed by atoms with van der Waals surface area (Å²) in [6.45, 7) is 3.41. The predicted octanol–water partition coefficient (Wildman–Crippen LogP) is 1.61. The molecule has 4 heteroatoms. The van der Waals surface area contributed by atoms with E-state index in [-0.39, 0.29) is 12.5 Å². The standard InChI is InChI=1S/C15H21NO3/c1-13(14-6-3-2-4-7-14)12-15(18)16-8-5-10-19-11-9-17/h2-4,6-7,12,17H,5,8-11H2,1H3,(H,16,18)/b13-12-. The topological polar surface area (TPSA) is 58.6 Å². The monoisotopic (exact) mass is 263 g/mol. The van der Waals surface area contributed by atoms with Gasteiger partial charge in [0.1, 0.15) is 0 Å². The maximum absolute atomic E-state index is 11.6. The molecule has 0 saturated heterocycles. The van der Waals surface area contributed by atoms with Crippen molar-refractivity contribution in [2.45, 2.75) is 13.3 Å². The third-order valence-electron chi connectivity index (χ3n) is 2.58. The number of carbonyl (C=O) groups excluding carboxylic acids is 1. The molecule has 19 heavy (non-hydrogen) atoms. The Labute approximate surface area is 114 Å². The van der Waals surface area contributed by atoms with E-state index in [9.17, 15) is 4.79 Å². The Morgan fingerprint density at radius 3 is 2.74 bits per heavy atom. The van der Waals surface area contributed by atoms with Crippen LogP contribution in [0.1, 0.15) is 18.9 Å². The Hall–Kier alpha value is -1.65. The van der Waals surface area contributed by atoms with Gasteiger partial charge >= 0.3 is 0 Å². The van der Waals surface area contributed by atoms with Crippen LogP contribution in [0.3, 0.4) is 0 Å². The largest absolute Gasteiger partial charge is 0.394 e. The van der Waals surface area contributed by atoms with Crippen LogP contribution in [0.5, 0.6) is 0 Å². The van der Waals surface area contributed by atoms with E-state index in [1.54, 1.807) is 6.08 Å². The van der Waals surface area contributed by atoms with Crippen molar-refractivity contribution in [1.29, 1.82) is 0 Å². The molecule has 0 radical (unpaired) electrons. The molecule has 0 aliphatic rings. The average molecular weight is 263 g/mol. The molecule has 0 aromatic heterocycles. The van der Waals surface area contributed by atoms with Crippen LogP contribution in [0.2, 0.25) is 0 Å². The van der Waals surface area contributed by atoms with Crippen molar-refractivity contribution in [2.75, 3.05) is 26.4 Å². The van der Waals surface area contributed by atoms with E-state index in [2.05, 4.69) is 5.32 Å². The van der Waals surface area contributed by atoms with Crippen molar-refractivity contribution >= 4 is 11.5 Å². The van der Waals surface area contributed by atoms with Crippen molar-refractivity contribution in [3.63, 3.8) is 0 Å². The molecule has 0 bridgehead atoms. The molecule has 1 aromatic carbocycles. The smallest absolute Gasteiger partial charge is 0.244 e. The van der Waals surface area contributed by atoms with Gasteiger partial charge in [-0.1, -0.05) is 30.3 Å². The molecule has 2 N–H and O–H groups in total. The van der Waals surface area contributed by atoms with Crippen LogP contribution < -0.4 is 5.32 Å². The number of carbonyl (C=O) groups is 1. The van der Waals surface area contributed by atoms with Crippen LogP contribution in [0, 0.1) is 0 Å². The number of hydrogen-bond donors (Lipinski definition) is 2. The van der Waals surface area contributed by atoms with Gasteiger partial charge in [-0.15, -0.1) is 0 Å². The van der Waals surface area contributed by atoms with Gasteiger partial charge in [0.05, 0.1) is 13.2 Å². The predicted molar refractivity (Wildman–Crippen MR) is 75.6 cm³/mol. The highest BCUT2D eigenvalue weighted by molar-refractivity contribution is 5.94. The lowest BCUT2D eigenvalue weighted by molar-refractivity contribution is -0.116. The number of amides is 1. The quantitative estimate of drug-likeness (QED) is 0.553. The lowest BCUT2D eigenvalue weighted by Gasteiger charge is -2.04. The minimum atomic E-state index is -0.0940. The summed E-state index contributed by atoms with van der Waals surface area (Å²) >= 11 is 0. The zero-order valence-electron chi connectivity index (χ0n) is 11.3. The number of benzene rings is 1. The SMILES string of the molecule is C/C(=C/C(=O)NCCCOCCO)c1ccccc1. The molecule has 0 aliphatic heterocycles. The van der Waals surface area contributed by atoms with Gasteiger partial charge in [0, 0.05) is 19.2 Å². The Kier molecular flexibility index (Phi) is 7.54. The Morgan fingerprint density at radius 2 is 2.05 bits per heavy atom. The second-order valence-corrected chi connectivity index (χ2v) is 4.17. The number of hydrogen-bond acceptors (Lipinski definition) is 3. The first kappa shape index (κ1) is 15.4. The third kappa shape index (κ3) is 6.74. The Balaban J connectivity index is 2.27. The van der Waals surface area contributed by atoms with Gasteiger partial charge in [-0.3, -0.25) is 4.79 Å². The summed E-state index contributed by atoms with van der Waals surface area (Å²) in [5.41, 5.74) is 1.98. The number of rotatable bonds is 8. The van der Waals surface area contributed by atoms with Gasteiger partial charge in [0.25, 0.3) is 0 Å². The van der Waals surface area contributed by atoms with E-state index in [1.165, 1.54) is 0 Å². The third-order valence-corrected chi connectivity index (χ3v) is 2.58. The van der Waals surface area contributed by atoms with E-state index in [4.69, 9.17) is 9.84 Å². The maximum atomic E-state index is 11.6. The fourth-order valence-electron chi connectivity index (χ4n) is 1.58. The van der Waals surface area contributed by atoms with Crippen LogP contribution in [-0.2, 0) is 9.53 Å². The molecule has 0 heterocycles. The summed E-state index contributed by atoms with van der Waals surface area (Å²) < 4.78 is 5.10. The first-order chi connectivity index (χ1) is 9.24. The highest BCUT2D eigenvalue weighted by Gasteiger charge is 1.99. The minimum absolute atomic E-state index is 0.0331. The van der Waals surface area contributed by atoms with E-state index in [0.29, 0.717) is 19.8 Å². The zero-order valence-corrected chi connectivity index (χ0v) is 11.3. The van der Waals surface area contributed by atoms with Crippen molar-refractivity contribution in [3.05, 3.63) is 42.0 Å². The van der Waals surface area contributed by atoms with Gasteiger partial charge in [0.2, 0.25) is 5.91 Å². The van der Waals surface area contributed by atoms with E-state index >= 15 is 0 Å². The molecule has 0 unspecified atom stereocenters. The van der Waals surface area contributed by atoms with Crippen LogP contribution in [0.4, 0.5) is 0 Å². The minimum Gasteiger partial charge on any atom is -0.394 e. The normalized spacial score (nSPS) is 11.4. The molecule has 0 spiro atoms. The van der Waals surface area contributed by atoms with Gasteiger partial charge in [-0.2, -0.15) is 0 Å². The lowest BCUT2D eigenvalue weighted by atomic mass is 10.1. The molecule has 0 aliphatic carbocycles. The second kappa shape index (κ2) is 9.30. The molecule has 1 amide bonds. The summed E-state index contributed by atoms with van der Waals surface area (Å²) in [6.07, 6.45) is 2.34. The first-order valence-electron chi connectivity index (χ1n) is 6.44. The van der Waals surface area contributed by atoms with Crippen molar-refractivity contribution < 1.29 is 14.6 Å². The van der Waals surface area contributed by atoms with Gasteiger partial charge in [0.15, 0.2) is 0 Å². The molecule has 0 saturated carbocycles. The molecule has 1 aromatic rings. The molecular weight excluding hydrogens is 242 g/mol. The molecule has 104 valence electrons. The summed E-state index contributed by atoms with van der Waals surface area (Å²) in [5, 5.41) is 11.3.